The molecule has 0 aliphatic heterocycles. The van der Waals surface area contributed by atoms with Gasteiger partial charge in [-0.05, 0) is 35.0 Å². The van der Waals surface area contributed by atoms with Gasteiger partial charge < -0.3 is 14.2 Å². The molecule has 5 heteroatoms. The number of benzene rings is 3. The number of esters is 1. The van der Waals surface area contributed by atoms with Crippen molar-refractivity contribution in [3.63, 3.8) is 0 Å². The summed E-state index contributed by atoms with van der Waals surface area (Å²) in [5.74, 6) is 0.116. The van der Waals surface area contributed by atoms with Gasteiger partial charge in [-0.15, -0.1) is 0 Å². The molecule has 0 unspecified atom stereocenters. The Morgan fingerprint density at radius 3 is 2.35 bits per heavy atom. The largest absolute Gasteiger partial charge is 0.493 e. The monoisotopic (exact) mass is 350 g/mol. The van der Waals surface area contributed by atoms with Gasteiger partial charge in [0, 0.05) is 5.56 Å². The molecular weight excluding hydrogens is 332 g/mol. The van der Waals surface area contributed by atoms with Crippen molar-refractivity contribution in [2.75, 3.05) is 20.8 Å². The molecule has 0 saturated carbocycles. The van der Waals surface area contributed by atoms with Gasteiger partial charge in [0.25, 0.3) is 0 Å². The lowest BCUT2D eigenvalue weighted by molar-refractivity contribution is 0.0476. The van der Waals surface area contributed by atoms with Crippen LogP contribution >= 0.6 is 0 Å². The number of ketones is 1. The third-order valence-corrected chi connectivity index (χ3v) is 4.05. The van der Waals surface area contributed by atoms with Gasteiger partial charge in [-0.3, -0.25) is 4.79 Å². The summed E-state index contributed by atoms with van der Waals surface area (Å²) in [5.41, 5.74) is 0.816. The Hall–Kier alpha value is -3.34. The summed E-state index contributed by atoms with van der Waals surface area (Å²) < 4.78 is 15.6. The lowest BCUT2D eigenvalue weighted by Crippen LogP contribution is -2.14. The summed E-state index contributed by atoms with van der Waals surface area (Å²) in [5, 5.41) is 1.73. The van der Waals surface area contributed by atoms with Crippen LogP contribution in [-0.4, -0.2) is 32.6 Å². The molecule has 0 heterocycles. The van der Waals surface area contributed by atoms with Crippen LogP contribution in [0.5, 0.6) is 11.5 Å². The quantitative estimate of drug-likeness (QED) is 0.498. The van der Waals surface area contributed by atoms with E-state index < -0.39 is 5.97 Å². The highest BCUT2D eigenvalue weighted by Crippen LogP contribution is 2.27. The first-order valence-corrected chi connectivity index (χ1v) is 8.04. The first-order valence-electron chi connectivity index (χ1n) is 8.04. The molecule has 0 spiro atoms. The topological polar surface area (TPSA) is 61.8 Å². The van der Waals surface area contributed by atoms with E-state index in [1.807, 2.05) is 30.3 Å². The van der Waals surface area contributed by atoms with E-state index in [-0.39, 0.29) is 12.4 Å². The Kier molecular flexibility index (Phi) is 5.17. The molecule has 3 rings (SSSR count). The number of fused-ring (bicyclic) bond motifs is 1. The van der Waals surface area contributed by atoms with E-state index >= 15 is 0 Å². The van der Waals surface area contributed by atoms with E-state index in [0.717, 1.165) is 10.8 Å². The van der Waals surface area contributed by atoms with Crippen molar-refractivity contribution in [2.24, 2.45) is 0 Å². The average Bonchev–Trinajstić information content (AvgIpc) is 2.70. The SMILES string of the molecule is COc1ccc(C(=O)COC(=O)c2cccc3ccccc23)cc1OC. The number of carbonyl (C=O) groups is 2. The maximum atomic E-state index is 12.4. The molecule has 3 aromatic rings. The first-order chi connectivity index (χ1) is 12.6. The van der Waals surface area contributed by atoms with Gasteiger partial charge in [0.15, 0.2) is 23.9 Å². The molecular formula is C21H18O5. The van der Waals surface area contributed by atoms with E-state index in [2.05, 4.69) is 0 Å². The fourth-order valence-corrected chi connectivity index (χ4v) is 2.71. The van der Waals surface area contributed by atoms with Crippen molar-refractivity contribution >= 4 is 22.5 Å². The Balaban J connectivity index is 1.74. The summed E-state index contributed by atoms with van der Waals surface area (Å²) in [7, 11) is 3.01. The molecule has 26 heavy (non-hydrogen) atoms. The molecule has 132 valence electrons. The lowest BCUT2D eigenvalue weighted by Gasteiger charge is -2.10. The molecule has 3 aromatic carbocycles. The minimum atomic E-state index is -0.532. The Morgan fingerprint density at radius 1 is 0.846 bits per heavy atom. The highest BCUT2D eigenvalue weighted by molar-refractivity contribution is 6.06. The van der Waals surface area contributed by atoms with Crippen molar-refractivity contribution in [1.29, 1.82) is 0 Å². The molecule has 0 aliphatic carbocycles. The summed E-state index contributed by atoms with van der Waals surface area (Å²) in [6.07, 6.45) is 0. The second-order valence-electron chi connectivity index (χ2n) is 5.60. The van der Waals surface area contributed by atoms with Crippen LogP contribution in [0.25, 0.3) is 10.8 Å². The van der Waals surface area contributed by atoms with Gasteiger partial charge in [0.05, 0.1) is 19.8 Å². The van der Waals surface area contributed by atoms with Gasteiger partial charge in [0.2, 0.25) is 0 Å². The van der Waals surface area contributed by atoms with Crippen molar-refractivity contribution < 1.29 is 23.8 Å². The molecule has 0 aliphatic rings. The Morgan fingerprint density at radius 2 is 1.58 bits per heavy atom. The molecule has 0 atom stereocenters. The van der Waals surface area contributed by atoms with E-state index in [1.54, 1.807) is 30.3 Å². The second-order valence-corrected chi connectivity index (χ2v) is 5.60. The predicted octanol–water partition coefficient (Wildman–Crippen LogP) is 3.90. The van der Waals surface area contributed by atoms with Crippen LogP contribution in [0.15, 0.2) is 60.7 Å². The fourth-order valence-electron chi connectivity index (χ4n) is 2.71. The Labute approximate surface area is 151 Å². The van der Waals surface area contributed by atoms with Crippen LogP contribution in [0.4, 0.5) is 0 Å². The molecule has 5 nitrogen and oxygen atoms in total. The minimum absolute atomic E-state index is 0.320. The summed E-state index contributed by atoms with van der Waals surface area (Å²) in [6, 6.07) is 17.7. The van der Waals surface area contributed by atoms with Crippen LogP contribution in [0.3, 0.4) is 0 Å². The van der Waals surface area contributed by atoms with Crippen LogP contribution in [0.1, 0.15) is 20.7 Å². The normalized spacial score (nSPS) is 10.4. The Bertz CT molecular complexity index is 956. The van der Waals surface area contributed by atoms with Gasteiger partial charge in [-0.1, -0.05) is 36.4 Å². The molecule has 0 bridgehead atoms. The van der Waals surface area contributed by atoms with Crippen molar-refractivity contribution in [2.45, 2.75) is 0 Å². The van der Waals surface area contributed by atoms with Crippen LogP contribution in [-0.2, 0) is 4.74 Å². The van der Waals surface area contributed by atoms with E-state index in [9.17, 15) is 9.59 Å². The lowest BCUT2D eigenvalue weighted by atomic mass is 10.0. The van der Waals surface area contributed by atoms with Gasteiger partial charge in [-0.25, -0.2) is 4.79 Å². The number of rotatable bonds is 6. The fraction of sp³-hybridized carbons (Fsp3) is 0.143. The third-order valence-electron chi connectivity index (χ3n) is 4.05. The highest BCUT2D eigenvalue weighted by Gasteiger charge is 2.15. The number of Topliss-reactive ketones (excluding diaryl/α,β-unsaturated/α-hetero) is 1. The summed E-state index contributed by atoms with van der Waals surface area (Å²) >= 11 is 0. The first kappa shape index (κ1) is 17.5. The van der Waals surface area contributed by atoms with Crippen LogP contribution in [0, 0.1) is 0 Å². The predicted molar refractivity (Wildman–Crippen MR) is 98.1 cm³/mol. The van der Waals surface area contributed by atoms with Crippen molar-refractivity contribution in [3.05, 3.63) is 71.8 Å². The van der Waals surface area contributed by atoms with E-state index in [1.165, 1.54) is 14.2 Å². The van der Waals surface area contributed by atoms with Crippen LogP contribution in [0.2, 0.25) is 0 Å². The molecule has 0 N–H and O–H groups in total. The maximum absolute atomic E-state index is 12.4. The number of carbonyl (C=O) groups excluding carboxylic acids is 2. The number of methoxy groups -OCH3 is 2. The summed E-state index contributed by atoms with van der Waals surface area (Å²) in [6.45, 7) is -0.350. The molecule has 0 saturated heterocycles. The smallest absolute Gasteiger partial charge is 0.339 e. The number of hydrogen-bond donors (Lipinski definition) is 0. The average molecular weight is 350 g/mol. The zero-order valence-electron chi connectivity index (χ0n) is 14.5. The standard InChI is InChI=1S/C21H18O5/c1-24-19-11-10-15(12-20(19)25-2)18(22)13-26-21(23)17-9-5-7-14-6-3-4-8-16(14)17/h3-12H,13H2,1-2H3. The minimum Gasteiger partial charge on any atom is -0.493 e. The van der Waals surface area contributed by atoms with Gasteiger partial charge >= 0.3 is 5.97 Å². The maximum Gasteiger partial charge on any atom is 0.339 e. The van der Waals surface area contributed by atoms with E-state index in [4.69, 9.17) is 14.2 Å². The zero-order valence-corrected chi connectivity index (χ0v) is 14.5. The molecule has 0 aromatic heterocycles. The zero-order chi connectivity index (χ0) is 18.5. The molecule has 0 radical (unpaired) electrons. The van der Waals surface area contributed by atoms with Crippen molar-refractivity contribution in [3.8, 4) is 11.5 Å². The van der Waals surface area contributed by atoms with Crippen LogP contribution < -0.4 is 9.47 Å². The number of ether oxygens (including phenoxy) is 3. The van der Waals surface area contributed by atoms with Gasteiger partial charge in [-0.2, -0.15) is 0 Å². The molecule has 0 fully saturated rings. The second kappa shape index (κ2) is 7.70. The third kappa shape index (κ3) is 3.52. The van der Waals surface area contributed by atoms with Crippen molar-refractivity contribution in [1.82, 2.24) is 0 Å². The molecule has 0 amide bonds. The van der Waals surface area contributed by atoms with Gasteiger partial charge in [0.1, 0.15) is 0 Å². The highest BCUT2D eigenvalue weighted by atomic mass is 16.5. The summed E-state index contributed by atoms with van der Waals surface area (Å²) in [4.78, 5) is 24.7. The number of hydrogen-bond acceptors (Lipinski definition) is 5. The van der Waals surface area contributed by atoms with E-state index in [0.29, 0.717) is 22.6 Å².